The van der Waals surface area contributed by atoms with E-state index >= 15 is 0 Å². The summed E-state index contributed by atoms with van der Waals surface area (Å²) in [5.41, 5.74) is 4.20. The Hall–Kier alpha value is -3.26. The number of halogens is 1. The smallest absolute Gasteiger partial charge is 0.412 e. The van der Waals surface area contributed by atoms with Crippen LogP contribution in [-0.2, 0) is 24.8 Å². The third-order valence-electron chi connectivity index (χ3n) is 4.72. The molecule has 0 bridgehead atoms. The Morgan fingerprint density at radius 2 is 2.10 bits per heavy atom. The van der Waals surface area contributed by atoms with E-state index in [4.69, 9.17) is 4.74 Å². The zero-order valence-corrected chi connectivity index (χ0v) is 17.7. The lowest BCUT2D eigenvalue weighted by Gasteiger charge is -2.06. The highest BCUT2D eigenvalue weighted by molar-refractivity contribution is 7.19. The molecule has 0 unspecified atom stereocenters. The van der Waals surface area contributed by atoms with Crippen molar-refractivity contribution in [2.24, 2.45) is 7.05 Å². The zero-order valence-electron chi connectivity index (χ0n) is 16.9. The van der Waals surface area contributed by atoms with Crippen molar-refractivity contribution in [3.63, 3.8) is 0 Å². The Morgan fingerprint density at radius 1 is 1.27 bits per heavy atom. The maximum absolute atomic E-state index is 13.4. The first-order valence-corrected chi connectivity index (χ1v) is 10.4. The monoisotopic (exact) mass is 424 g/mol. The van der Waals surface area contributed by atoms with Crippen molar-refractivity contribution in [3.8, 4) is 10.6 Å². The van der Waals surface area contributed by atoms with Crippen LogP contribution in [0.2, 0.25) is 0 Å². The molecule has 8 heteroatoms. The Balaban J connectivity index is 1.46. The summed E-state index contributed by atoms with van der Waals surface area (Å²) in [6, 6.07) is 10.3. The van der Waals surface area contributed by atoms with Crippen LogP contribution in [0.3, 0.4) is 0 Å². The third kappa shape index (κ3) is 4.18. The lowest BCUT2D eigenvalue weighted by atomic mass is 10.1. The van der Waals surface area contributed by atoms with E-state index in [-0.39, 0.29) is 12.4 Å². The fourth-order valence-electron chi connectivity index (χ4n) is 3.24. The van der Waals surface area contributed by atoms with Crippen LogP contribution in [-0.4, -0.2) is 20.9 Å². The largest absolute Gasteiger partial charge is 0.444 e. The minimum Gasteiger partial charge on any atom is -0.444 e. The van der Waals surface area contributed by atoms with Crippen molar-refractivity contribution in [1.29, 1.82) is 0 Å². The van der Waals surface area contributed by atoms with Gasteiger partial charge in [-0.3, -0.25) is 10.00 Å². The molecule has 0 radical (unpaired) electrons. The number of ether oxygens (including phenoxy) is 1. The van der Waals surface area contributed by atoms with Gasteiger partial charge < -0.3 is 4.74 Å². The number of fused-ring (bicyclic) bond motifs is 1. The van der Waals surface area contributed by atoms with Crippen molar-refractivity contribution in [2.45, 2.75) is 26.9 Å². The zero-order chi connectivity index (χ0) is 21.3. The average Bonchev–Trinajstić information content (AvgIpc) is 3.27. The second-order valence-corrected chi connectivity index (χ2v) is 8.00. The molecule has 154 valence electrons. The number of carbonyl (C=O) groups excluding carboxylic acids is 1. The van der Waals surface area contributed by atoms with Crippen molar-refractivity contribution in [3.05, 3.63) is 65.2 Å². The van der Waals surface area contributed by atoms with Gasteiger partial charge in [0.1, 0.15) is 22.4 Å². The summed E-state index contributed by atoms with van der Waals surface area (Å²) in [7, 11) is 1.87. The van der Waals surface area contributed by atoms with E-state index in [1.807, 2.05) is 45.3 Å². The minimum atomic E-state index is -0.540. The molecule has 2 aromatic heterocycles. The number of thiazole rings is 1. The summed E-state index contributed by atoms with van der Waals surface area (Å²) < 4.78 is 20.5. The summed E-state index contributed by atoms with van der Waals surface area (Å²) in [4.78, 5) is 17.0. The maximum Gasteiger partial charge on any atom is 0.412 e. The minimum absolute atomic E-state index is 0.154. The number of benzene rings is 2. The summed E-state index contributed by atoms with van der Waals surface area (Å²) >= 11 is 1.36. The number of nitrogens with one attached hydrogen (secondary N) is 1. The highest BCUT2D eigenvalue weighted by atomic mass is 32.1. The quantitative estimate of drug-likeness (QED) is 0.462. The summed E-state index contributed by atoms with van der Waals surface area (Å²) in [5.74, 6) is -0.282. The fourth-order valence-corrected chi connectivity index (χ4v) is 4.37. The van der Waals surface area contributed by atoms with E-state index in [1.165, 1.54) is 23.5 Å². The van der Waals surface area contributed by atoms with Gasteiger partial charge in [-0.1, -0.05) is 24.3 Å². The number of amides is 1. The molecule has 0 aliphatic carbocycles. The summed E-state index contributed by atoms with van der Waals surface area (Å²) in [6.45, 7) is 3.96. The molecule has 0 saturated carbocycles. The summed E-state index contributed by atoms with van der Waals surface area (Å²) in [5, 5.41) is 9.51. The number of rotatable bonds is 5. The molecule has 2 heterocycles. The van der Waals surface area contributed by atoms with Gasteiger partial charge in [-0.05, 0) is 54.8 Å². The van der Waals surface area contributed by atoms with Crippen LogP contribution < -0.4 is 5.32 Å². The predicted molar refractivity (Wildman–Crippen MR) is 116 cm³/mol. The van der Waals surface area contributed by atoms with Crippen LogP contribution >= 0.6 is 11.3 Å². The van der Waals surface area contributed by atoms with Gasteiger partial charge in [0.15, 0.2) is 0 Å². The van der Waals surface area contributed by atoms with E-state index in [0.29, 0.717) is 11.4 Å². The van der Waals surface area contributed by atoms with E-state index in [2.05, 4.69) is 15.4 Å². The molecule has 0 atom stereocenters. The van der Waals surface area contributed by atoms with Gasteiger partial charge in [0.05, 0.1) is 11.2 Å². The van der Waals surface area contributed by atoms with Crippen molar-refractivity contribution >= 4 is 33.3 Å². The van der Waals surface area contributed by atoms with Crippen LogP contribution in [0.25, 0.3) is 21.5 Å². The number of anilines is 1. The molecule has 1 N–H and O–H groups in total. The normalized spacial score (nSPS) is 11.1. The first-order chi connectivity index (χ1) is 14.4. The second kappa shape index (κ2) is 8.23. The predicted octanol–water partition coefficient (Wildman–Crippen LogP) is 5.46. The first-order valence-electron chi connectivity index (χ1n) is 9.55. The Morgan fingerprint density at radius 3 is 2.87 bits per heavy atom. The number of hydrogen-bond acceptors (Lipinski definition) is 5. The van der Waals surface area contributed by atoms with Crippen LogP contribution in [0.15, 0.2) is 42.6 Å². The van der Waals surface area contributed by atoms with Crippen LogP contribution in [0.4, 0.5) is 14.2 Å². The fraction of sp³-hybridized carbons (Fsp3) is 0.227. The molecule has 30 heavy (non-hydrogen) atoms. The van der Waals surface area contributed by atoms with Gasteiger partial charge in [-0.2, -0.15) is 5.10 Å². The average molecular weight is 425 g/mol. The molecule has 0 aliphatic heterocycles. The van der Waals surface area contributed by atoms with Gasteiger partial charge >= 0.3 is 6.09 Å². The molecule has 1 amide bonds. The topological polar surface area (TPSA) is 69.0 Å². The van der Waals surface area contributed by atoms with Crippen LogP contribution in [0, 0.1) is 12.7 Å². The number of nitrogens with zero attached hydrogens (tertiary/aromatic N) is 3. The molecule has 6 nitrogen and oxygen atoms in total. The molecule has 0 spiro atoms. The molecule has 4 aromatic rings. The highest BCUT2D eigenvalue weighted by Gasteiger charge is 2.16. The number of aromatic nitrogens is 3. The SMILES string of the molecule is CCc1nc(-c2ccc(F)cc2C)sc1NC(=O)OCc1ccc2nn(C)cc2c1. The van der Waals surface area contributed by atoms with E-state index in [1.54, 1.807) is 10.7 Å². The van der Waals surface area contributed by atoms with Gasteiger partial charge in [0.2, 0.25) is 0 Å². The Kier molecular flexibility index (Phi) is 5.50. The van der Waals surface area contributed by atoms with Gasteiger partial charge in [0.25, 0.3) is 0 Å². The lowest BCUT2D eigenvalue weighted by molar-refractivity contribution is 0.155. The molecule has 0 aliphatic rings. The molecular formula is C22H21FN4O2S. The van der Waals surface area contributed by atoms with Gasteiger partial charge in [0, 0.05) is 24.2 Å². The van der Waals surface area contributed by atoms with Crippen molar-refractivity contribution < 1.29 is 13.9 Å². The molecule has 4 rings (SSSR count). The molecule has 2 aromatic carbocycles. The second-order valence-electron chi connectivity index (χ2n) is 7.00. The first kappa shape index (κ1) is 20.0. The molecular weight excluding hydrogens is 403 g/mol. The van der Waals surface area contributed by atoms with Gasteiger partial charge in [-0.25, -0.2) is 14.2 Å². The van der Waals surface area contributed by atoms with Crippen molar-refractivity contribution in [1.82, 2.24) is 14.8 Å². The van der Waals surface area contributed by atoms with Crippen LogP contribution in [0.5, 0.6) is 0 Å². The number of hydrogen-bond donors (Lipinski definition) is 1. The number of aryl methyl sites for hydroxylation is 3. The maximum atomic E-state index is 13.4. The van der Waals surface area contributed by atoms with Crippen LogP contribution in [0.1, 0.15) is 23.7 Å². The third-order valence-corrected chi connectivity index (χ3v) is 5.77. The lowest BCUT2D eigenvalue weighted by Crippen LogP contribution is -2.13. The van der Waals surface area contributed by atoms with Crippen molar-refractivity contribution in [2.75, 3.05) is 5.32 Å². The molecule has 0 saturated heterocycles. The summed E-state index contributed by atoms with van der Waals surface area (Å²) in [6.07, 6.45) is 2.04. The highest BCUT2D eigenvalue weighted by Crippen LogP contribution is 2.34. The number of carbonyl (C=O) groups is 1. The van der Waals surface area contributed by atoms with Gasteiger partial charge in [-0.15, -0.1) is 0 Å². The van der Waals surface area contributed by atoms with E-state index in [9.17, 15) is 9.18 Å². The standard InChI is InChI=1S/C22H21FN4O2S/c1-4-18-21(30-20(24-18)17-7-6-16(23)9-13(17)2)25-22(28)29-12-14-5-8-19-15(10-14)11-27(3)26-19/h5-11H,4,12H2,1-3H3,(H,25,28). The van der Waals surface area contributed by atoms with E-state index in [0.717, 1.165) is 38.3 Å². The molecule has 0 fully saturated rings. The van der Waals surface area contributed by atoms with E-state index < -0.39 is 6.09 Å². The Labute approximate surface area is 177 Å². The Bertz CT molecular complexity index is 1230.